The van der Waals surface area contributed by atoms with E-state index in [1.54, 1.807) is 10.9 Å². The lowest BCUT2D eigenvalue weighted by molar-refractivity contribution is -0.122. The summed E-state index contributed by atoms with van der Waals surface area (Å²) in [6, 6.07) is -0.186. The van der Waals surface area contributed by atoms with Gasteiger partial charge in [-0.1, -0.05) is 13.8 Å². The number of hydrogen-bond acceptors (Lipinski definition) is 3. The summed E-state index contributed by atoms with van der Waals surface area (Å²) in [4.78, 5) is 11.7. The third-order valence-electron chi connectivity index (χ3n) is 2.45. The Hall–Kier alpha value is -1.36. The van der Waals surface area contributed by atoms with Gasteiger partial charge in [0.2, 0.25) is 5.91 Å². The number of amides is 1. The van der Waals surface area contributed by atoms with E-state index in [1.807, 2.05) is 20.2 Å². The maximum Gasteiger partial charge on any atom is 0.236 e. The predicted molar refractivity (Wildman–Crippen MR) is 67.4 cm³/mol. The van der Waals surface area contributed by atoms with Gasteiger partial charge in [0.05, 0.1) is 12.2 Å². The molecule has 1 aromatic rings. The zero-order valence-corrected chi connectivity index (χ0v) is 11.0. The lowest BCUT2D eigenvalue weighted by atomic mass is 10.2. The molecular weight excluding hydrogens is 216 g/mol. The van der Waals surface area contributed by atoms with Crippen LogP contribution in [-0.4, -0.2) is 28.3 Å². The van der Waals surface area contributed by atoms with Crippen LogP contribution < -0.4 is 10.6 Å². The maximum atomic E-state index is 11.7. The number of aromatic nitrogens is 2. The summed E-state index contributed by atoms with van der Waals surface area (Å²) in [6.07, 6.45) is 3.73. The van der Waals surface area contributed by atoms with Crippen LogP contribution >= 0.6 is 0 Å². The summed E-state index contributed by atoms with van der Waals surface area (Å²) >= 11 is 0. The first-order chi connectivity index (χ1) is 7.99. The summed E-state index contributed by atoms with van der Waals surface area (Å²) < 4.78 is 1.75. The van der Waals surface area contributed by atoms with Gasteiger partial charge in [0.25, 0.3) is 0 Å². The molecule has 0 aliphatic rings. The Morgan fingerprint density at radius 2 is 2.18 bits per heavy atom. The first kappa shape index (κ1) is 13.7. The fourth-order valence-electron chi connectivity index (χ4n) is 1.38. The molecule has 1 unspecified atom stereocenters. The number of nitrogens with one attached hydrogen (secondary N) is 2. The summed E-state index contributed by atoms with van der Waals surface area (Å²) in [6.45, 7) is 7.40. The topological polar surface area (TPSA) is 59.0 Å². The highest BCUT2D eigenvalue weighted by Gasteiger charge is 2.12. The van der Waals surface area contributed by atoms with Gasteiger partial charge in [-0.2, -0.15) is 5.10 Å². The number of carbonyl (C=O) groups excluding carboxylic acids is 1. The lowest BCUT2D eigenvalue weighted by Gasteiger charge is -2.14. The van der Waals surface area contributed by atoms with E-state index in [9.17, 15) is 4.79 Å². The van der Waals surface area contributed by atoms with Gasteiger partial charge in [0, 0.05) is 31.9 Å². The van der Waals surface area contributed by atoms with Gasteiger partial charge in [-0.05, 0) is 12.8 Å². The SMILES string of the molecule is CC(C)CNC(=O)C(C)NCc1cnn(C)c1. The van der Waals surface area contributed by atoms with Crippen LogP contribution in [-0.2, 0) is 18.4 Å². The first-order valence-corrected chi connectivity index (χ1v) is 5.97. The van der Waals surface area contributed by atoms with Gasteiger partial charge in [-0.25, -0.2) is 0 Å². The van der Waals surface area contributed by atoms with Crippen LogP contribution in [0.25, 0.3) is 0 Å². The Morgan fingerprint density at radius 1 is 1.47 bits per heavy atom. The number of nitrogens with zero attached hydrogens (tertiary/aromatic N) is 2. The number of aryl methyl sites for hydroxylation is 1. The van der Waals surface area contributed by atoms with Crippen molar-refractivity contribution in [3.05, 3.63) is 18.0 Å². The molecule has 96 valence electrons. The zero-order chi connectivity index (χ0) is 12.8. The Balaban J connectivity index is 2.29. The molecular formula is C12H22N4O. The van der Waals surface area contributed by atoms with Crippen LogP contribution in [0.2, 0.25) is 0 Å². The van der Waals surface area contributed by atoms with Crippen LogP contribution in [0.3, 0.4) is 0 Å². The molecule has 2 N–H and O–H groups in total. The van der Waals surface area contributed by atoms with Gasteiger partial charge in [0.15, 0.2) is 0 Å². The summed E-state index contributed by atoms with van der Waals surface area (Å²) in [5, 5.41) is 10.1. The van der Waals surface area contributed by atoms with Crippen LogP contribution in [0.5, 0.6) is 0 Å². The molecule has 1 rings (SSSR count). The van der Waals surface area contributed by atoms with E-state index in [-0.39, 0.29) is 11.9 Å². The second-order valence-electron chi connectivity index (χ2n) is 4.76. The Bertz CT molecular complexity index is 359. The molecule has 1 amide bonds. The Kier molecular flexibility index (Phi) is 5.15. The lowest BCUT2D eigenvalue weighted by Crippen LogP contribution is -2.42. The summed E-state index contributed by atoms with van der Waals surface area (Å²) in [5.41, 5.74) is 1.08. The normalized spacial score (nSPS) is 12.8. The van der Waals surface area contributed by atoms with E-state index in [0.29, 0.717) is 12.5 Å². The standard InChI is InChI=1S/C12H22N4O/c1-9(2)5-14-12(17)10(3)13-6-11-7-15-16(4)8-11/h7-10,13H,5-6H2,1-4H3,(H,14,17). The van der Waals surface area contributed by atoms with Crippen molar-refractivity contribution in [2.24, 2.45) is 13.0 Å². The molecule has 0 aliphatic carbocycles. The maximum absolute atomic E-state index is 11.7. The molecule has 0 fully saturated rings. The van der Waals surface area contributed by atoms with Crippen molar-refractivity contribution < 1.29 is 4.79 Å². The van der Waals surface area contributed by atoms with Crippen molar-refractivity contribution in [1.29, 1.82) is 0 Å². The van der Waals surface area contributed by atoms with Crippen molar-refractivity contribution in [2.75, 3.05) is 6.54 Å². The molecule has 1 heterocycles. The molecule has 0 aliphatic heterocycles. The second kappa shape index (κ2) is 6.39. The first-order valence-electron chi connectivity index (χ1n) is 5.97. The van der Waals surface area contributed by atoms with Crippen LogP contribution in [0.1, 0.15) is 26.3 Å². The highest BCUT2D eigenvalue weighted by atomic mass is 16.2. The highest BCUT2D eigenvalue weighted by Crippen LogP contribution is 1.96. The quantitative estimate of drug-likeness (QED) is 0.766. The molecule has 1 aromatic heterocycles. The fourth-order valence-corrected chi connectivity index (χ4v) is 1.38. The van der Waals surface area contributed by atoms with E-state index in [2.05, 4.69) is 29.6 Å². The van der Waals surface area contributed by atoms with Crippen molar-refractivity contribution >= 4 is 5.91 Å². The molecule has 0 aromatic carbocycles. The largest absolute Gasteiger partial charge is 0.354 e. The van der Waals surface area contributed by atoms with Crippen LogP contribution in [0, 0.1) is 5.92 Å². The van der Waals surface area contributed by atoms with E-state index in [0.717, 1.165) is 12.1 Å². The van der Waals surface area contributed by atoms with Crippen LogP contribution in [0.15, 0.2) is 12.4 Å². The minimum Gasteiger partial charge on any atom is -0.354 e. The van der Waals surface area contributed by atoms with Crippen molar-refractivity contribution in [1.82, 2.24) is 20.4 Å². The molecule has 5 nitrogen and oxygen atoms in total. The number of hydrogen-bond donors (Lipinski definition) is 2. The van der Waals surface area contributed by atoms with Crippen LogP contribution in [0.4, 0.5) is 0 Å². The monoisotopic (exact) mass is 238 g/mol. The van der Waals surface area contributed by atoms with E-state index >= 15 is 0 Å². The Labute approximate surface area is 103 Å². The molecule has 0 radical (unpaired) electrons. The van der Waals surface area contributed by atoms with Crippen molar-refractivity contribution in [2.45, 2.75) is 33.4 Å². The third kappa shape index (κ3) is 4.99. The minimum absolute atomic E-state index is 0.0441. The minimum atomic E-state index is -0.186. The molecule has 0 bridgehead atoms. The summed E-state index contributed by atoms with van der Waals surface area (Å²) in [7, 11) is 1.88. The molecule has 1 atom stereocenters. The van der Waals surface area contributed by atoms with Gasteiger partial charge < -0.3 is 10.6 Å². The second-order valence-corrected chi connectivity index (χ2v) is 4.76. The van der Waals surface area contributed by atoms with E-state index in [4.69, 9.17) is 0 Å². The van der Waals surface area contributed by atoms with E-state index in [1.165, 1.54) is 0 Å². The average molecular weight is 238 g/mol. The van der Waals surface area contributed by atoms with Gasteiger partial charge in [-0.15, -0.1) is 0 Å². The van der Waals surface area contributed by atoms with E-state index < -0.39 is 0 Å². The van der Waals surface area contributed by atoms with Gasteiger partial charge >= 0.3 is 0 Å². The molecule has 17 heavy (non-hydrogen) atoms. The number of rotatable bonds is 6. The summed E-state index contributed by atoms with van der Waals surface area (Å²) in [5.74, 6) is 0.520. The smallest absolute Gasteiger partial charge is 0.236 e. The number of carbonyl (C=O) groups is 1. The van der Waals surface area contributed by atoms with Crippen molar-refractivity contribution in [3.63, 3.8) is 0 Å². The molecule has 0 saturated carbocycles. The fraction of sp³-hybridized carbons (Fsp3) is 0.667. The molecule has 0 saturated heterocycles. The predicted octanol–water partition coefficient (Wildman–Crippen LogP) is 0.670. The molecule has 5 heteroatoms. The van der Waals surface area contributed by atoms with Gasteiger partial charge in [0.1, 0.15) is 0 Å². The zero-order valence-electron chi connectivity index (χ0n) is 11.0. The Morgan fingerprint density at radius 3 is 2.71 bits per heavy atom. The molecule has 0 spiro atoms. The highest BCUT2D eigenvalue weighted by molar-refractivity contribution is 5.81. The third-order valence-corrected chi connectivity index (χ3v) is 2.45. The van der Waals surface area contributed by atoms with Gasteiger partial charge in [-0.3, -0.25) is 9.48 Å². The van der Waals surface area contributed by atoms with Crippen molar-refractivity contribution in [3.8, 4) is 0 Å². The average Bonchev–Trinajstić information content (AvgIpc) is 2.68.